The molecule has 2 atom stereocenters. The molecule has 1 aliphatic rings. The highest BCUT2D eigenvalue weighted by Gasteiger charge is 2.33. The van der Waals surface area contributed by atoms with E-state index in [9.17, 15) is 9.59 Å². The number of benzene rings is 2. The minimum absolute atomic E-state index is 0.0918. The number of carbonyl (C=O) groups excluding carboxylic acids is 2. The Morgan fingerprint density at radius 1 is 0.786 bits per heavy atom. The number of methoxy groups -OCH3 is 1. The molecule has 1 heterocycles. The summed E-state index contributed by atoms with van der Waals surface area (Å²) in [5, 5.41) is 2.75. The standard InChI is InChI=1S/C31H44N2O9/c1-36-14-15-37-16-17-38-18-19-39-20-21-40-22-23-41-28-12-13-33(24-28)30(34)29(27-10-6-3-7-11-27)32-31(35)42-25-26-8-4-2-5-9-26/h2-11,28-29H,12-25H2,1H3,(H,32,35)/t28-,29-/m0/s1. The molecular formula is C31H44N2O9. The van der Waals surface area contributed by atoms with Crippen molar-refractivity contribution in [2.75, 3.05) is 86.3 Å². The second-order valence-corrected chi connectivity index (χ2v) is 9.56. The van der Waals surface area contributed by atoms with Crippen LogP contribution in [0, 0.1) is 0 Å². The summed E-state index contributed by atoms with van der Waals surface area (Å²) in [4.78, 5) is 27.8. The predicted molar refractivity (Wildman–Crippen MR) is 155 cm³/mol. The Morgan fingerprint density at radius 3 is 1.93 bits per heavy atom. The van der Waals surface area contributed by atoms with E-state index in [2.05, 4.69) is 5.32 Å². The highest BCUT2D eigenvalue weighted by atomic mass is 16.6. The van der Waals surface area contributed by atoms with Crippen LogP contribution in [-0.4, -0.2) is 109 Å². The summed E-state index contributed by atoms with van der Waals surface area (Å²) in [6.45, 7) is 6.11. The van der Waals surface area contributed by atoms with Gasteiger partial charge < -0.3 is 43.4 Å². The maximum atomic E-state index is 13.5. The molecule has 0 aliphatic carbocycles. The molecule has 0 aromatic heterocycles. The quantitative estimate of drug-likeness (QED) is 0.220. The lowest BCUT2D eigenvalue weighted by Crippen LogP contribution is -2.42. The maximum absolute atomic E-state index is 13.5. The molecule has 0 radical (unpaired) electrons. The third kappa shape index (κ3) is 13.3. The summed E-state index contributed by atoms with van der Waals surface area (Å²) in [5.74, 6) is -0.194. The summed E-state index contributed by atoms with van der Waals surface area (Å²) < 4.78 is 38.0. The van der Waals surface area contributed by atoms with Crippen molar-refractivity contribution in [2.45, 2.75) is 25.2 Å². The number of likely N-dealkylation sites (tertiary alicyclic amines) is 1. The van der Waals surface area contributed by atoms with E-state index in [1.54, 1.807) is 12.0 Å². The predicted octanol–water partition coefficient (Wildman–Crippen LogP) is 2.98. The van der Waals surface area contributed by atoms with Crippen molar-refractivity contribution >= 4 is 12.0 Å². The second kappa shape index (κ2) is 20.8. The number of hydrogen-bond donors (Lipinski definition) is 1. The molecule has 232 valence electrons. The molecular weight excluding hydrogens is 544 g/mol. The van der Waals surface area contributed by atoms with Crippen molar-refractivity contribution in [3.63, 3.8) is 0 Å². The highest BCUT2D eigenvalue weighted by molar-refractivity contribution is 5.87. The zero-order valence-corrected chi connectivity index (χ0v) is 24.4. The molecule has 11 nitrogen and oxygen atoms in total. The summed E-state index contributed by atoms with van der Waals surface area (Å²) in [6, 6.07) is 17.7. The zero-order valence-electron chi connectivity index (χ0n) is 24.4. The van der Waals surface area contributed by atoms with Gasteiger partial charge in [-0.15, -0.1) is 0 Å². The summed E-state index contributed by atoms with van der Waals surface area (Å²) in [5.41, 5.74) is 1.56. The Balaban J connectivity index is 1.28. The second-order valence-electron chi connectivity index (χ2n) is 9.56. The Bertz CT molecular complexity index is 996. The molecule has 0 spiro atoms. The van der Waals surface area contributed by atoms with Gasteiger partial charge in [-0.1, -0.05) is 60.7 Å². The van der Waals surface area contributed by atoms with Gasteiger partial charge in [0.05, 0.1) is 72.2 Å². The Hall–Kier alpha value is -3.06. The van der Waals surface area contributed by atoms with E-state index >= 15 is 0 Å². The summed E-state index contributed by atoms with van der Waals surface area (Å²) in [6.07, 6.45) is -0.0254. The molecule has 1 fully saturated rings. The maximum Gasteiger partial charge on any atom is 0.408 e. The molecule has 0 saturated carbocycles. The van der Waals surface area contributed by atoms with Crippen molar-refractivity contribution in [3.05, 3.63) is 71.8 Å². The number of nitrogens with zero attached hydrogens (tertiary/aromatic N) is 1. The van der Waals surface area contributed by atoms with Crippen molar-refractivity contribution in [1.29, 1.82) is 0 Å². The van der Waals surface area contributed by atoms with Crippen LogP contribution in [0.25, 0.3) is 0 Å². The van der Waals surface area contributed by atoms with E-state index in [0.717, 1.165) is 5.56 Å². The Kier molecular flexibility index (Phi) is 16.5. The molecule has 2 amide bonds. The molecule has 11 heteroatoms. The van der Waals surface area contributed by atoms with Gasteiger partial charge in [-0.05, 0) is 17.5 Å². The normalized spacial score (nSPS) is 15.5. The SMILES string of the molecule is COCCOCCOCCOCCOCCO[C@H]1CCN(C(=O)[C@@H](NC(=O)OCc2ccccc2)c2ccccc2)C1. The monoisotopic (exact) mass is 588 g/mol. The van der Waals surface area contributed by atoms with Gasteiger partial charge in [0.1, 0.15) is 12.6 Å². The molecule has 1 aliphatic heterocycles. The lowest BCUT2D eigenvalue weighted by Gasteiger charge is -2.24. The first-order valence-electron chi connectivity index (χ1n) is 14.4. The van der Waals surface area contributed by atoms with Gasteiger partial charge in [-0.3, -0.25) is 4.79 Å². The number of nitrogens with one attached hydrogen (secondary N) is 1. The zero-order chi connectivity index (χ0) is 29.7. The van der Waals surface area contributed by atoms with Crippen LogP contribution in [0.1, 0.15) is 23.6 Å². The van der Waals surface area contributed by atoms with Crippen LogP contribution in [0.2, 0.25) is 0 Å². The first kappa shape index (κ1) is 33.4. The average molecular weight is 589 g/mol. The van der Waals surface area contributed by atoms with Crippen molar-refractivity contribution in [3.8, 4) is 0 Å². The smallest absolute Gasteiger partial charge is 0.408 e. The molecule has 2 aromatic rings. The van der Waals surface area contributed by atoms with Crippen molar-refractivity contribution in [1.82, 2.24) is 10.2 Å². The van der Waals surface area contributed by atoms with E-state index < -0.39 is 12.1 Å². The largest absolute Gasteiger partial charge is 0.445 e. The van der Waals surface area contributed by atoms with Crippen LogP contribution in [0.4, 0.5) is 4.79 Å². The number of alkyl carbamates (subject to hydrolysis) is 1. The van der Waals surface area contributed by atoms with Crippen LogP contribution < -0.4 is 5.32 Å². The van der Waals surface area contributed by atoms with Crippen LogP contribution >= 0.6 is 0 Å². The number of hydrogen-bond acceptors (Lipinski definition) is 9. The Labute approximate surface area is 248 Å². The first-order valence-corrected chi connectivity index (χ1v) is 14.4. The van der Waals surface area contributed by atoms with E-state index in [1.807, 2.05) is 60.7 Å². The van der Waals surface area contributed by atoms with Gasteiger partial charge in [0.15, 0.2) is 0 Å². The summed E-state index contributed by atoms with van der Waals surface area (Å²) >= 11 is 0. The van der Waals surface area contributed by atoms with Crippen molar-refractivity contribution < 1.29 is 42.7 Å². The van der Waals surface area contributed by atoms with E-state index in [0.29, 0.717) is 91.1 Å². The van der Waals surface area contributed by atoms with Gasteiger partial charge in [0.25, 0.3) is 0 Å². The highest BCUT2D eigenvalue weighted by Crippen LogP contribution is 2.21. The van der Waals surface area contributed by atoms with Gasteiger partial charge in [0.2, 0.25) is 5.91 Å². The molecule has 1 saturated heterocycles. The third-order valence-corrected chi connectivity index (χ3v) is 6.44. The molecule has 3 rings (SSSR count). The topological polar surface area (TPSA) is 114 Å². The number of ether oxygens (including phenoxy) is 7. The van der Waals surface area contributed by atoms with Gasteiger partial charge in [-0.2, -0.15) is 0 Å². The van der Waals surface area contributed by atoms with Crippen LogP contribution in [0.15, 0.2) is 60.7 Å². The molecule has 2 aromatic carbocycles. The minimum Gasteiger partial charge on any atom is -0.445 e. The average Bonchev–Trinajstić information content (AvgIpc) is 3.50. The molecule has 42 heavy (non-hydrogen) atoms. The Morgan fingerprint density at radius 2 is 1.33 bits per heavy atom. The van der Waals surface area contributed by atoms with Gasteiger partial charge in [-0.25, -0.2) is 4.79 Å². The minimum atomic E-state index is -0.851. The van der Waals surface area contributed by atoms with Gasteiger partial charge in [0, 0.05) is 20.2 Å². The van der Waals surface area contributed by atoms with Crippen LogP contribution in [-0.2, 0) is 44.6 Å². The van der Waals surface area contributed by atoms with E-state index in [4.69, 9.17) is 33.2 Å². The number of amides is 2. The number of rotatable bonds is 21. The fourth-order valence-electron chi connectivity index (χ4n) is 4.24. The van der Waals surface area contributed by atoms with Gasteiger partial charge >= 0.3 is 6.09 Å². The van der Waals surface area contributed by atoms with Crippen LogP contribution in [0.5, 0.6) is 0 Å². The molecule has 1 N–H and O–H groups in total. The fraction of sp³-hybridized carbons (Fsp3) is 0.548. The fourth-order valence-corrected chi connectivity index (χ4v) is 4.24. The van der Waals surface area contributed by atoms with E-state index in [-0.39, 0.29) is 18.6 Å². The lowest BCUT2D eigenvalue weighted by atomic mass is 10.1. The molecule has 0 unspecified atom stereocenters. The third-order valence-electron chi connectivity index (χ3n) is 6.44. The number of carbonyl (C=O) groups is 2. The van der Waals surface area contributed by atoms with E-state index in [1.165, 1.54) is 0 Å². The van der Waals surface area contributed by atoms with Crippen molar-refractivity contribution in [2.24, 2.45) is 0 Å². The lowest BCUT2D eigenvalue weighted by molar-refractivity contribution is -0.133. The first-order chi connectivity index (χ1) is 20.7. The molecule has 0 bridgehead atoms. The van der Waals surface area contributed by atoms with Crippen LogP contribution in [0.3, 0.4) is 0 Å². The summed E-state index contributed by atoms with van der Waals surface area (Å²) in [7, 11) is 1.64.